The number of rotatable bonds is 5. The Labute approximate surface area is 109 Å². The summed E-state index contributed by atoms with van der Waals surface area (Å²) in [4.78, 5) is 21.7. The van der Waals surface area contributed by atoms with Crippen molar-refractivity contribution in [3.63, 3.8) is 0 Å². The summed E-state index contributed by atoms with van der Waals surface area (Å²) in [5, 5.41) is 10.9. The molecule has 0 atom stereocenters. The van der Waals surface area contributed by atoms with Crippen molar-refractivity contribution in [3.05, 3.63) is 18.2 Å². The number of amides is 1. The molecule has 1 amide bonds. The highest BCUT2D eigenvalue weighted by molar-refractivity contribution is 5.92. The Morgan fingerprint density at radius 3 is 2.68 bits per heavy atom. The molecule has 7 heteroatoms. The number of hydrogen-bond acceptors (Lipinski definition) is 5. The summed E-state index contributed by atoms with van der Waals surface area (Å²) >= 11 is 0. The van der Waals surface area contributed by atoms with E-state index in [0.29, 0.717) is 30.4 Å². The van der Waals surface area contributed by atoms with Crippen molar-refractivity contribution in [1.82, 2.24) is 0 Å². The van der Waals surface area contributed by atoms with Gasteiger partial charge >= 0.3 is 5.97 Å². The summed E-state index contributed by atoms with van der Waals surface area (Å²) in [6, 6.07) is 5.01. The van der Waals surface area contributed by atoms with Crippen LogP contribution in [0.5, 0.6) is 11.5 Å². The van der Waals surface area contributed by atoms with Crippen molar-refractivity contribution in [2.24, 2.45) is 0 Å². The van der Waals surface area contributed by atoms with Crippen molar-refractivity contribution in [2.45, 2.75) is 0 Å². The Hall–Kier alpha value is -2.28. The van der Waals surface area contributed by atoms with Gasteiger partial charge in [-0.3, -0.25) is 4.79 Å². The van der Waals surface area contributed by atoms with Gasteiger partial charge in [-0.15, -0.1) is 0 Å². The predicted octanol–water partition coefficient (Wildman–Crippen LogP) is 0.497. The SMILES string of the molecule is O=C(O)COCC(=O)Nc1ccc2c(c1)OCCO2. The van der Waals surface area contributed by atoms with E-state index < -0.39 is 18.5 Å². The zero-order valence-corrected chi connectivity index (χ0v) is 10.0. The van der Waals surface area contributed by atoms with E-state index in [2.05, 4.69) is 10.1 Å². The summed E-state index contributed by atoms with van der Waals surface area (Å²) in [6.45, 7) is 0.142. The van der Waals surface area contributed by atoms with Gasteiger partial charge in [0.2, 0.25) is 5.91 Å². The number of nitrogens with one attached hydrogen (secondary N) is 1. The molecule has 1 aromatic rings. The Balaban J connectivity index is 1.88. The van der Waals surface area contributed by atoms with Crippen LogP contribution < -0.4 is 14.8 Å². The summed E-state index contributed by atoms with van der Waals surface area (Å²) in [6.07, 6.45) is 0. The van der Waals surface area contributed by atoms with Gasteiger partial charge in [0.25, 0.3) is 0 Å². The van der Waals surface area contributed by atoms with Crippen molar-refractivity contribution in [1.29, 1.82) is 0 Å². The normalized spacial score (nSPS) is 12.8. The van der Waals surface area contributed by atoms with Gasteiger partial charge in [-0.25, -0.2) is 4.79 Å². The average molecular weight is 267 g/mol. The molecule has 0 bridgehead atoms. The predicted molar refractivity (Wildman–Crippen MR) is 64.5 cm³/mol. The largest absolute Gasteiger partial charge is 0.486 e. The fourth-order valence-electron chi connectivity index (χ4n) is 1.55. The number of carboxylic acids is 1. The molecule has 2 rings (SSSR count). The molecule has 0 aliphatic carbocycles. The lowest BCUT2D eigenvalue weighted by Gasteiger charge is -2.18. The maximum Gasteiger partial charge on any atom is 0.329 e. The summed E-state index contributed by atoms with van der Waals surface area (Å²) in [7, 11) is 0. The van der Waals surface area contributed by atoms with E-state index in [1.807, 2.05) is 0 Å². The van der Waals surface area contributed by atoms with Crippen LogP contribution in [0.4, 0.5) is 5.69 Å². The molecule has 7 nitrogen and oxygen atoms in total. The molecule has 19 heavy (non-hydrogen) atoms. The summed E-state index contributed by atoms with van der Waals surface area (Å²) in [5.41, 5.74) is 0.535. The van der Waals surface area contributed by atoms with Crippen LogP contribution >= 0.6 is 0 Å². The third-order valence-electron chi connectivity index (χ3n) is 2.28. The van der Waals surface area contributed by atoms with Gasteiger partial charge < -0.3 is 24.6 Å². The van der Waals surface area contributed by atoms with Gasteiger partial charge in [-0.05, 0) is 12.1 Å². The standard InChI is InChI=1S/C12H13NO6/c14-11(6-17-7-12(15)16)13-8-1-2-9-10(5-8)19-4-3-18-9/h1-2,5H,3-4,6-7H2,(H,13,14)(H,15,16). The first kappa shape index (κ1) is 13.2. The fourth-order valence-corrected chi connectivity index (χ4v) is 1.55. The molecular weight excluding hydrogens is 254 g/mol. The van der Waals surface area contributed by atoms with E-state index in [0.717, 1.165) is 0 Å². The van der Waals surface area contributed by atoms with Crippen LogP contribution in [-0.4, -0.2) is 43.4 Å². The molecule has 0 radical (unpaired) electrons. The lowest BCUT2D eigenvalue weighted by atomic mass is 10.2. The second kappa shape index (κ2) is 6.05. The maximum absolute atomic E-state index is 11.5. The van der Waals surface area contributed by atoms with Crippen LogP contribution in [0.3, 0.4) is 0 Å². The van der Waals surface area contributed by atoms with E-state index in [-0.39, 0.29) is 6.61 Å². The highest BCUT2D eigenvalue weighted by Crippen LogP contribution is 2.32. The zero-order valence-electron chi connectivity index (χ0n) is 10.0. The van der Waals surface area contributed by atoms with Gasteiger partial charge in [0, 0.05) is 11.8 Å². The van der Waals surface area contributed by atoms with E-state index in [1.165, 1.54) is 0 Å². The first-order valence-corrected chi connectivity index (χ1v) is 5.64. The quantitative estimate of drug-likeness (QED) is 0.806. The number of hydrogen-bond donors (Lipinski definition) is 2. The Kier molecular flexibility index (Phi) is 4.19. The first-order chi connectivity index (χ1) is 9.15. The second-order valence-electron chi connectivity index (χ2n) is 3.79. The van der Waals surface area contributed by atoms with Gasteiger partial charge in [0.15, 0.2) is 11.5 Å². The number of fused-ring (bicyclic) bond motifs is 1. The van der Waals surface area contributed by atoms with Crippen LogP contribution in [0, 0.1) is 0 Å². The lowest BCUT2D eigenvalue weighted by molar-refractivity contribution is -0.143. The van der Waals surface area contributed by atoms with Gasteiger partial charge in [-0.1, -0.05) is 0 Å². The number of aliphatic carboxylic acids is 1. The number of carboxylic acid groups (broad SMARTS) is 1. The average Bonchev–Trinajstić information content (AvgIpc) is 2.38. The smallest absolute Gasteiger partial charge is 0.329 e. The third kappa shape index (κ3) is 3.85. The van der Waals surface area contributed by atoms with Crippen LogP contribution in [0.1, 0.15) is 0 Å². The summed E-state index contributed by atoms with van der Waals surface area (Å²) in [5.74, 6) is -0.355. The van der Waals surface area contributed by atoms with Crippen molar-refractivity contribution in [2.75, 3.05) is 31.7 Å². The summed E-state index contributed by atoms with van der Waals surface area (Å²) < 4.78 is 15.4. The van der Waals surface area contributed by atoms with E-state index in [4.69, 9.17) is 14.6 Å². The van der Waals surface area contributed by atoms with Crippen molar-refractivity contribution in [3.8, 4) is 11.5 Å². The minimum Gasteiger partial charge on any atom is -0.486 e. The number of benzene rings is 1. The molecule has 0 aromatic heterocycles. The molecule has 0 saturated carbocycles. The molecule has 102 valence electrons. The van der Waals surface area contributed by atoms with E-state index >= 15 is 0 Å². The molecule has 1 heterocycles. The van der Waals surface area contributed by atoms with Crippen molar-refractivity contribution >= 4 is 17.6 Å². The topological polar surface area (TPSA) is 94.1 Å². The fraction of sp³-hybridized carbons (Fsp3) is 0.333. The van der Waals surface area contributed by atoms with Gasteiger partial charge in [0.1, 0.15) is 26.4 Å². The maximum atomic E-state index is 11.5. The second-order valence-corrected chi connectivity index (χ2v) is 3.79. The van der Waals surface area contributed by atoms with Crippen LogP contribution in [0.2, 0.25) is 0 Å². The lowest BCUT2D eigenvalue weighted by Crippen LogP contribution is -2.21. The van der Waals surface area contributed by atoms with Gasteiger partial charge in [-0.2, -0.15) is 0 Å². The van der Waals surface area contributed by atoms with Crippen LogP contribution in [0.15, 0.2) is 18.2 Å². The highest BCUT2D eigenvalue weighted by Gasteiger charge is 2.12. The Bertz CT molecular complexity index is 487. The molecule has 0 saturated heterocycles. The molecular formula is C12H13NO6. The molecule has 2 N–H and O–H groups in total. The number of carbonyl (C=O) groups excluding carboxylic acids is 1. The van der Waals surface area contributed by atoms with Gasteiger partial charge in [0.05, 0.1) is 0 Å². The van der Waals surface area contributed by atoms with Crippen molar-refractivity contribution < 1.29 is 28.9 Å². The monoisotopic (exact) mass is 267 g/mol. The van der Waals surface area contributed by atoms with Crippen LogP contribution in [-0.2, 0) is 14.3 Å². The van der Waals surface area contributed by atoms with E-state index in [1.54, 1.807) is 18.2 Å². The number of anilines is 1. The molecule has 1 aliphatic rings. The molecule has 0 unspecified atom stereocenters. The number of ether oxygens (including phenoxy) is 3. The first-order valence-electron chi connectivity index (χ1n) is 5.64. The highest BCUT2D eigenvalue weighted by atomic mass is 16.6. The molecule has 0 spiro atoms. The Morgan fingerprint density at radius 1 is 1.21 bits per heavy atom. The van der Waals surface area contributed by atoms with E-state index in [9.17, 15) is 9.59 Å². The Morgan fingerprint density at radius 2 is 1.95 bits per heavy atom. The van der Waals surface area contributed by atoms with Crippen LogP contribution in [0.25, 0.3) is 0 Å². The minimum absolute atomic E-state index is 0.319. The third-order valence-corrected chi connectivity index (χ3v) is 2.28. The minimum atomic E-state index is -1.12. The zero-order chi connectivity index (χ0) is 13.7. The molecule has 0 fully saturated rings. The number of carbonyl (C=O) groups is 2. The molecule has 1 aliphatic heterocycles. The molecule has 1 aromatic carbocycles.